The lowest BCUT2D eigenvalue weighted by Crippen LogP contribution is -2.45. The fraction of sp³-hybridized carbons (Fsp3) is 0.588. The Labute approximate surface area is 121 Å². The Balaban J connectivity index is 1.78. The van der Waals surface area contributed by atoms with Crippen molar-refractivity contribution < 1.29 is 4.79 Å². The molecule has 1 unspecified atom stereocenters. The van der Waals surface area contributed by atoms with E-state index >= 15 is 0 Å². The van der Waals surface area contributed by atoms with E-state index in [-0.39, 0.29) is 11.3 Å². The maximum atomic E-state index is 12.9. The molecular weight excluding hydrogens is 248 g/mol. The molecule has 0 aliphatic heterocycles. The third-order valence-corrected chi connectivity index (χ3v) is 4.95. The molecule has 0 radical (unpaired) electrons. The molecule has 20 heavy (non-hydrogen) atoms. The highest BCUT2D eigenvalue weighted by Crippen LogP contribution is 2.48. The Morgan fingerprint density at radius 1 is 1.35 bits per heavy atom. The van der Waals surface area contributed by atoms with Crippen LogP contribution in [0.5, 0.6) is 0 Å². The molecule has 1 atom stereocenters. The van der Waals surface area contributed by atoms with Crippen LogP contribution in [0.25, 0.3) is 0 Å². The van der Waals surface area contributed by atoms with Crippen LogP contribution in [0.15, 0.2) is 30.3 Å². The summed E-state index contributed by atoms with van der Waals surface area (Å²) < 4.78 is 0. The summed E-state index contributed by atoms with van der Waals surface area (Å²) in [5.41, 5.74) is 6.82. The van der Waals surface area contributed by atoms with Crippen LogP contribution in [0.1, 0.15) is 38.2 Å². The molecule has 3 rings (SSSR count). The minimum absolute atomic E-state index is 0.238. The summed E-state index contributed by atoms with van der Waals surface area (Å²) in [7, 11) is 0. The van der Waals surface area contributed by atoms with Crippen molar-refractivity contribution >= 4 is 5.91 Å². The normalized spacial score (nSPS) is 21.3. The van der Waals surface area contributed by atoms with Crippen molar-refractivity contribution in [3.63, 3.8) is 0 Å². The second kappa shape index (κ2) is 5.21. The second-order valence-electron chi connectivity index (χ2n) is 6.48. The van der Waals surface area contributed by atoms with Gasteiger partial charge in [-0.15, -0.1) is 0 Å². The number of hydrogen-bond acceptors (Lipinski definition) is 2. The summed E-state index contributed by atoms with van der Waals surface area (Å²) in [4.78, 5) is 15.0. The zero-order chi connectivity index (χ0) is 14.2. The van der Waals surface area contributed by atoms with Crippen molar-refractivity contribution in [1.82, 2.24) is 4.90 Å². The first kappa shape index (κ1) is 13.6. The molecule has 2 N–H and O–H groups in total. The lowest BCUT2D eigenvalue weighted by molar-refractivity contribution is -0.140. The van der Waals surface area contributed by atoms with Crippen LogP contribution in [-0.2, 0) is 11.3 Å². The molecule has 1 amide bonds. The first-order chi connectivity index (χ1) is 9.66. The summed E-state index contributed by atoms with van der Waals surface area (Å²) in [6.45, 7) is 3.42. The highest BCUT2D eigenvalue weighted by Gasteiger charge is 2.52. The van der Waals surface area contributed by atoms with E-state index in [2.05, 4.69) is 24.0 Å². The van der Waals surface area contributed by atoms with Gasteiger partial charge in [-0.2, -0.15) is 0 Å². The largest absolute Gasteiger partial charge is 0.335 e. The first-order valence-electron chi connectivity index (χ1n) is 7.71. The van der Waals surface area contributed by atoms with E-state index < -0.39 is 0 Å². The Morgan fingerprint density at radius 2 is 2.00 bits per heavy atom. The summed E-state index contributed by atoms with van der Waals surface area (Å²) >= 11 is 0. The average molecular weight is 272 g/mol. The Hall–Kier alpha value is -1.35. The van der Waals surface area contributed by atoms with Crippen molar-refractivity contribution in [1.29, 1.82) is 0 Å². The van der Waals surface area contributed by atoms with Crippen LogP contribution in [0.4, 0.5) is 0 Å². The van der Waals surface area contributed by atoms with Crippen molar-refractivity contribution in [2.45, 2.75) is 45.2 Å². The quantitative estimate of drug-likeness (QED) is 0.865. The molecule has 2 saturated carbocycles. The second-order valence-corrected chi connectivity index (χ2v) is 6.48. The molecule has 0 spiro atoms. The van der Waals surface area contributed by atoms with Gasteiger partial charge in [0, 0.05) is 19.1 Å². The summed E-state index contributed by atoms with van der Waals surface area (Å²) in [5, 5.41) is 0. The Morgan fingerprint density at radius 3 is 2.50 bits per heavy atom. The number of benzene rings is 1. The van der Waals surface area contributed by atoms with E-state index in [0.717, 1.165) is 19.4 Å². The Bertz CT molecular complexity index is 477. The lowest BCUT2D eigenvalue weighted by atomic mass is 10.0. The molecule has 3 heteroatoms. The SMILES string of the molecule is CC(C1CC1)N(Cc1ccccc1)C(=O)C1(CN)CC1. The van der Waals surface area contributed by atoms with Gasteiger partial charge in [0.1, 0.15) is 0 Å². The van der Waals surface area contributed by atoms with Crippen LogP contribution < -0.4 is 5.73 Å². The molecule has 0 bridgehead atoms. The smallest absolute Gasteiger partial charge is 0.230 e. The summed E-state index contributed by atoms with van der Waals surface area (Å²) in [5.74, 6) is 0.972. The lowest BCUT2D eigenvalue weighted by Gasteiger charge is -2.33. The van der Waals surface area contributed by atoms with Gasteiger partial charge < -0.3 is 10.6 Å². The average Bonchev–Trinajstić information content (AvgIpc) is 3.38. The minimum atomic E-state index is -0.238. The number of carbonyl (C=O) groups excluding carboxylic acids is 1. The molecule has 108 valence electrons. The van der Waals surface area contributed by atoms with Crippen LogP contribution >= 0.6 is 0 Å². The number of carbonyl (C=O) groups is 1. The van der Waals surface area contributed by atoms with E-state index in [9.17, 15) is 4.79 Å². The van der Waals surface area contributed by atoms with Gasteiger partial charge in [-0.25, -0.2) is 0 Å². The molecule has 2 aliphatic carbocycles. The van der Waals surface area contributed by atoms with Crippen molar-refractivity contribution in [2.24, 2.45) is 17.1 Å². The number of nitrogens with zero attached hydrogens (tertiary/aromatic N) is 1. The molecule has 2 aliphatic rings. The Kier molecular flexibility index (Phi) is 3.55. The summed E-state index contributed by atoms with van der Waals surface area (Å²) in [6.07, 6.45) is 4.45. The highest BCUT2D eigenvalue weighted by molar-refractivity contribution is 5.86. The van der Waals surface area contributed by atoms with Gasteiger partial charge in [0.15, 0.2) is 0 Å². The fourth-order valence-corrected chi connectivity index (χ4v) is 2.97. The third kappa shape index (κ3) is 2.59. The third-order valence-electron chi connectivity index (χ3n) is 4.95. The molecule has 3 nitrogen and oxygen atoms in total. The molecule has 0 saturated heterocycles. The predicted octanol–water partition coefficient (Wildman–Crippen LogP) is 2.55. The number of hydrogen-bond donors (Lipinski definition) is 1. The van der Waals surface area contributed by atoms with Gasteiger partial charge in [0.25, 0.3) is 0 Å². The van der Waals surface area contributed by atoms with E-state index in [4.69, 9.17) is 5.73 Å². The van der Waals surface area contributed by atoms with Crippen LogP contribution in [0.2, 0.25) is 0 Å². The van der Waals surface area contributed by atoms with Crippen molar-refractivity contribution in [3.05, 3.63) is 35.9 Å². The highest BCUT2D eigenvalue weighted by atomic mass is 16.2. The predicted molar refractivity (Wildman–Crippen MR) is 79.9 cm³/mol. The number of rotatable bonds is 6. The molecule has 0 aromatic heterocycles. The zero-order valence-corrected chi connectivity index (χ0v) is 12.2. The standard InChI is InChI=1S/C17H24N2O/c1-13(15-7-8-15)19(11-14-5-3-2-4-6-14)16(20)17(12-18)9-10-17/h2-6,13,15H,7-12,18H2,1H3. The van der Waals surface area contributed by atoms with Gasteiger partial charge in [-0.1, -0.05) is 30.3 Å². The molecule has 0 heterocycles. The van der Waals surface area contributed by atoms with Gasteiger partial charge in [-0.05, 0) is 44.1 Å². The molecule has 2 fully saturated rings. The van der Waals surface area contributed by atoms with Gasteiger partial charge in [0.05, 0.1) is 5.41 Å². The fourth-order valence-electron chi connectivity index (χ4n) is 2.97. The van der Waals surface area contributed by atoms with Gasteiger partial charge in [-0.3, -0.25) is 4.79 Å². The monoisotopic (exact) mass is 272 g/mol. The first-order valence-corrected chi connectivity index (χ1v) is 7.71. The molecule has 1 aromatic carbocycles. The van der Waals surface area contributed by atoms with E-state index in [1.165, 1.54) is 18.4 Å². The van der Waals surface area contributed by atoms with Crippen LogP contribution in [0, 0.1) is 11.3 Å². The molecule has 1 aromatic rings. The topological polar surface area (TPSA) is 46.3 Å². The van der Waals surface area contributed by atoms with Crippen LogP contribution in [-0.4, -0.2) is 23.4 Å². The minimum Gasteiger partial charge on any atom is -0.335 e. The van der Waals surface area contributed by atoms with Crippen molar-refractivity contribution in [3.8, 4) is 0 Å². The molecular formula is C17H24N2O. The van der Waals surface area contributed by atoms with E-state index in [1.54, 1.807) is 0 Å². The van der Waals surface area contributed by atoms with Gasteiger partial charge in [0.2, 0.25) is 5.91 Å². The number of amides is 1. The van der Waals surface area contributed by atoms with Crippen LogP contribution in [0.3, 0.4) is 0 Å². The van der Waals surface area contributed by atoms with E-state index in [0.29, 0.717) is 18.5 Å². The number of nitrogens with two attached hydrogens (primary N) is 1. The van der Waals surface area contributed by atoms with Gasteiger partial charge >= 0.3 is 0 Å². The summed E-state index contributed by atoms with van der Waals surface area (Å²) in [6, 6.07) is 10.6. The van der Waals surface area contributed by atoms with E-state index in [1.807, 2.05) is 18.2 Å². The maximum absolute atomic E-state index is 12.9. The zero-order valence-electron chi connectivity index (χ0n) is 12.2. The maximum Gasteiger partial charge on any atom is 0.230 e. The van der Waals surface area contributed by atoms with Crippen molar-refractivity contribution in [2.75, 3.05) is 6.54 Å².